The molecule has 1 aliphatic rings. The average Bonchev–Trinajstić information content (AvgIpc) is 3.18. The summed E-state index contributed by atoms with van der Waals surface area (Å²) in [5.74, 6) is -2.24. The molecule has 1 atom stereocenters. The number of benzene rings is 2. The molecule has 0 aliphatic carbocycles. The molecule has 1 saturated heterocycles. The van der Waals surface area contributed by atoms with Crippen molar-refractivity contribution in [3.63, 3.8) is 0 Å². The molecule has 0 radical (unpaired) electrons. The highest BCUT2D eigenvalue weighted by molar-refractivity contribution is 7.89. The molecule has 9 heteroatoms. The zero-order valence-corrected chi connectivity index (χ0v) is 15.8. The molecule has 3 rings (SSSR count). The molecular formula is C19H20FN3O4S. The Kier molecular flexibility index (Phi) is 6.05. The number of hydrogen-bond acceptors (Lipinski definition) is 4. The summed E-state index contributed by atoms with van der Waals surface area (Å²) < 4.78 is 39.8. The number of carbonyl (C=O) groups is 2. The van der Waals surface area contributed by atoms with Crippen molar-refractivity contribution < 1.29 is 22.4 Å². The van der Waals surface area contributed by atoms with E-state index < -0.39 is 33.7 Å². The number of anilines is 1. The first-order valence-corrected chi connectivity index (χ1v) is 10.2. The fraction of sp³-hybridized carbons (Fsp3) is 0.263. The third-order valence-corrected chi connectivity index (χ3v) is 6.45. The monoisotopic (exact) mass is 405 g/mol. The second-order valence-electron chi connectivity index (χ2n) is 6.40. The second kappa shape index (κ2) is 8.49. The van der Waals surface area contributed by atoms with E-state index in [2.05, 4.69) is 10.6 Å². The molecule has 1 heterocycles. The molecule has 1 fully saturated rings. The lowest BCUT2D eigenvalue weighted by Crippen LogP contribution is -2.45. The Morgan fingerprint density at radius 3 is 2.39 bits per heavy atom. The van der Waals surface area contributed by atoms with Crippen LogP contribution >= 0.6 is 0 Å². The maximum absolute atomic E-state index is 12.9. The Hall–Kier alpha value is -2.78. The van der Waals surface area contributed by atoms with Gasteiger partial charge in [0, 0.05) is 24.8 Å². The quantitative estimate of drug-likeness (QED) is 0.741. The number of nitrogens with zero attached hydrogens (tertiary/aromatic N) is 1. The van der Waals surface area contributed by atoms with Crippen molar-refractivity contribution in [1.29, 1.82) is 0 Å². The molecule has 0 bridgehead atoms. The van der Waals surface area contributed by atoms with E-state index in [1.165, 1.54) is 40.7 Å². The van der Waals surface area contributed by atoms with Crippen LogP contribution in [0.3, 0.4) is 0 Å². The number of rotatable bonds is 5. The van der Waals surface area contributed by atoms with E-state index in [0.717, 1.165) is 0 Å². The number of sulfonamides is 1. The van der Waals surface area contributed by atoms with E-state index in [0.29, 0.717) is 19.4 Å². The fourth-order valence-electron chi connectivity index (χ4n) is 3.07. The number of amides is 2. The lowest BCUT2D eigenvalue weighted by Gasteiger charge is -2.24. The van der Waals surface area contributed by atoms with Crippen LogP contribution in [0.5, 0.6) is 0 Å². The van der Waals surface area contributed by atoms with Gasteiger partial charge < -0.3 is 10.6 Å². The lowest BCUT2D eigenvalue weighted by molar-refractivity contribution is -0.136. The molecule has 7 nitrogen and oxygen atoms in total. The molecule has 2 aromatic rings. The summed E-state index contributed by atoms with van der Waals surface area (Å²) in [6, 6.07) is 12.7. The van der Waals surface area contributed by atoms with Gasteiger partial charge in [0.15, 0.2) is 0 Å². The van der Waals surface area contributed by atoms with Gasteiger partial charge >= 0.3 is 11.8 Å². The van der Waals surface area contributed by atoms with Crippen molar-refractivity contribution in [2.45, 2.75) is 23.8 Å². The Bertz CT molecular complexity index is 949. The predicted octanol–water partition coefficient (Wildman–Crippen LogP) is 1.73. The van der Waals surface area contributed by atoms with Crippen LogP contribution < -0.4 is 10.6 Å². The molecule has 2 aromatic carbocycles. The van der Waals surface area contributed by atoms with Gasteiger partial charge in [0.1, 0.15) is 5.82 Å². The van der Waals surface area contributed by atoms with E-state index in [1.54, 1.807) is 18.2 Å². The van der Waals surface area contributed by atoms with E-state index in [1.807, 2.05) is 0 Å². The maximum atomic E-state index is 12.9. The topological polar surface area (TPSA) is 95.6 Å². The molecule has 2 N–H and O–H groups in total. The summed E-state index contributed by atoms with van der Waals surface area (Å²) in [6.45, 7) is 0.390. The summed E-state index contributed by atoms with van der Waals surface area (Å²) in [6.07, 6.45) is 1.26. The number of carbonyl (C=O) groups excluding carboxylic acids is 2. The highest BCUT2D eigenvalue weighted by atomic mass is 32.2. The van der Waals surface area contributed by atoms with Gasteiger partial charge in [0.25, 0.3) is 0 Å². The van der Waals surface area contributed by atoms with Crippen LogP contribution in [0.1, 0.15) is 12.8 Å². The summed E-state index contributed by atoms with van der Waals surface area (Å²) >= 11 is 0. The van der Waals surface area contributed by atoms with Crippen molar-refractivity contribution in [3.05, 3.63) is 60.4 Å². The van der Waals surface area contributed by atoms with Crippen LogP contribution in [0.4, 0.5) is 10.1 Å². The SMILES string of the molecule is O=C(NC[C@H]1CCCN1S(=O)(=O)c1ccccc1)C(=O)Nc1ccc(F)cc1. The number of halogens is 1. The zero-order chi connectivity index (χ0) is 20.1. The molecule has 0 aromatic heterocycles. The summed E-state index contributed by atoms with van der Waals surface area (Å²) in [4.78, 5) is 24.2. The molecule has 28 heavy (non-hydrogen) atoms. The zero-order valence-electron chi connectivity index (χ0n) is 15.0. The fourth-order valence-corrected chi connectivity index (χ4v) is 4.78. The van der Waals surface area contributed by atoms with Crippen LogP contribution in [0, 0.1) is 5.82 Å². The third-order valence-electron chi connectivity index (χ3n) is 4.48. The van der Waals surface area contributed by atoms with E-state index in [4.69, 9.17) is 0 Å². The van der Waals surface area contributed by atoms with Gasteiger partial charge in [0.05, 0.1) is 4.90 Å². The Morgan fingerprint density at radius 2 is 1.71 bits per heavy atom. The highest BCUT2D eigenvalue weighted by Crippen LogP contribution is 2.25. The standard InChI is InChI=1S/C19H20FN3O4S/c20-14-8-10-15(11-9-14)22-19(25)18(24)21-13-16-5-4-12-23(16)28(26,27)17-6-2-1-3-7-17/h1-3,6-11,16H,4-5,12-13H2,(H,21,24)(H,22,25)/t16-/m1/s1. The Balaban J connectivity index is 1.59. The minimum absolute atomic E-state index is 0.0295. The average molecular weight is 405 g/mol. The molecule has 0 spiro atoms. The molecular weight excluding hydrogens is 385 g/mol. The van der Waals surface area contributed by atoms with Gasteiger partial charge in [-0.25, -0.2) is 12.8 Å². The Morgan fingerprint density at radius 1 is 1.04 bits per heavy atom. The van der Waals surface area contributed by atoms with Gasteiger partial charge in [-0.2, -0.15) is 4.31 Å². The van der Waals surface area contributed by atoms with Crippen LogP contribution in [0.2, 0.25) is 0 Å². The largest absolute Gasteiger partial charge is 0.346 e. The first-order chi connectivity index (χ1) is 13.4. The van der Waals surface area contributed by atoms with Crippen molar-refractivity contribution in [2.24, 2.45) is 0 Å². The van der Waals surface area contributed by atoms with Gasteiger partial charge in [-0.3, -0.25) is 9.59 Å². The molecule has 0 saturated carbocycles. The first-order valence-electron chi connectivity index (χ1n) is 8.79. The second-order valence-corrected chi connectivity index (χ2v) is 8.29. The van der Waals surface area contributed by atoms with Crippen molar-refractivity contribution in [3.8, 4) is 0 Å². The first kappa shape index (κ1) is 20.0. The van der Waals surface area contributed by atoms with Crippen LogP contribution in [-0.2, 0) is 19.6 Å². The minimum Gasteiger partial charge on any atom is -0.346 e. The maximum Gasteiger partial charge on any atom is 0.313 e. The van der Waals surface area contributed by atoms with Crippen molar-refractivity contribution in [2.75, 3.05) is 18.4 Å². The highest BCUT2D eigenvalue weighted by Gasteiger charge is 2.35. The predicted molar refractivity (Wildman–Crippen MR) is 101 cm³/mol. The molecule has 148 valence electrons. The van der Waals surface area contributed by atoms with Gasteiger partial charge in [0.2, 0.25) is 10.0 Å². The van der Waals surface area contributed by atoms with Crippen molar-refractivity contribution in [1.82, 2.24) is 9.62 Å². The third kappa shape index (κ3) is 4.55. The van der Waals surface area contributed by atoms with E-state index in [9.17, 15) is 22.4 Å². The van der Waals surface area contributed by atoms with Crippen LogP contribution in [0.25, 0.3) is 0 Å². The smallest absolute Gasteiger partial charge is 0.313 e. The van der Waals surface area contributed by atoms with Gasteiger partial charge in [-0.1, -0.05) is 18.2 Å². The molecule has 1 aliphatic heterocycles. The molecule has 0 unspecified atom stereocenters. The lowest BCUT2D eigenvalue weighted by atomic mass is 10.2. The van der Waals surface area contributed by atoms with Crippen LogP contribution in [-0.4, -0.2) is 43.7 Å². The minimum atomic E-state index is -3.66. The Labute approximate surface area is 162 Å². The van der Waals surface area contributed by atoms with Gasteiger partial charge in [-0.15, -0.1) is 0 Å². The number of nitrogens with one attached hydrogen (secondary N) is 2. The number of hydrogen-bond donors (Lipinski definition) is 2. The van der Waals surface area contributed by atoms with Crippen molar-refractivity contribution >= 4 is 27.5 Å². The summed E-state index contributed by atoms with van der Waals surface area (Å²) in [5.41, 5.74) is 0.288. The normalized spacial score (nSPS) is 17.2. The molecule has 2 amide bonds. The summed E-state index contributed by atoms with van der Waals surface area (Å²) in [7, 11) is -3.66. The summed E-state index contributed by atoms with van der Waals surface area (Å²) in [5, 5.41) is 4.84. The van der Waals surface area contributed by atoms with Crippen LogP contribution in [0.15, 0.2) is 59.5 Å². The van der Waals surface area contributed by atoms with Gasteiger partial charge in [-0.05, 0) is 49.2 Å². The van der Waals surface area contributed by atoms with E-state index in [-0.39, 0.29) is 17.1 Å². The van der Waals surface area contributed by atoms with E-state index >= 15 is 0 Å².